The first-order valence-corrected chi connectivity index (χ1v) is 5.05. The van der Waals surface area contributed by atoms with Gasteiger partial charge in [-0.2, -0.15) is 0 Å². The van der Waals surface area contributed by atoms with Crippen molar-refractivity contribution in [2.45, 2.75) is 32.3 Å². The summed E-state index contributed by atoms with van der Waals surface area (Å²) in [6.07, 6.45) is 2.19. The molecule has 70 valence electrons. The van der Waals surface area contributed by atoms with Gasteiger partial charge in [0.1, 0.15) is 5.60 Å². The fourth-order valence-electron chi connectivity index (χ4n) is 1.91. The molecule has 1 aliphatic rings. The molecular formula is C12H16O. The minimum atomic E-state index is 0.0760. The molecule has 0 amide bonds. The van der Waals surface area contributed by atoms with E-state index in [1.165, 1.54) is 11.1 Å². The van der Waals surface area contributed by atoms with Gasteiger partial charge in [0.15, 0.2) is 0 Å². The Bertz CT molecular complexity index is 300. The van der Waals surface area contributed by atoms with Crippen LogP contribution < -0.4 is 0 Å². The molecule has 0 saturated carbocycles. The maximum Gasteiger partial charge on any atom is 0.117 e. The lowest BCUT2D eigenvalue weighted by molar-refractivity contribution is 0.299. The molecule has 0 aromatic heterocycles. The molecule has 1 nitrogen and oxygen atoms in total. The lowest BCUT2D eigenvalue weighted by Gasteiger charge is -2.13. The van der Waals surface area contributed by atoms with Crippen LogP contribution in [0.5, 0.6) is 0 Å². The second-order valence-electron chi connectivity index (χ2n) is 3.65. The molecule has 0 spiro atoms. The van der Waals surface area contributed by atoms with E-state index in [9.17, 15) is 0 Å². The van der Waals surface area contributed by atoms with E-state index in [0.29, 0.717) is 0 Å². The zero-order valence-corrected chi connectivity index (χ0v) is 8.34. The van der Waals surface area contributed by atoms with Crippen molar-refractivity contribution in [3.8, 4) is 0 Å². The van der Waals surface area contributed by atoms with Crippen LogP contribution in [0.4, 0.5) is 0 Å². The molecule has 0 bridgehead atoms. The molecule has 1 fully saturated rings. The summed E-state index contributed by atoms with van der Waals surface area (Å²) in [5.41, 5.74) is 2.91. The van der Waals surface area contributed by atoms with Gasteiger partial charge in [0.05, 0.1) is 6.61 Å². The summed E-state index contributed by atoms with van der Waals surface area (Å²) in [6.45, 7) is 5.30. The number of benzene rings is 1. The highest BCUT2D eigenvalue weighted by Gasteiger charge is 2.45. The molecule has 1 heterocycles. The Morgan fingerprint density at radius 1 is 1.31 bits per heavy atom. The number of epoxide rings is 1. The van der Waals surface area contributed by atoms with E-state index in [1.54, 1.807) is 0 Å². The van der Waals surface area contributed by atoms with Gasteiger partial charge in [-0.3, -0.25) is 0 Å². The maximum absolute atomic E-state index is 5.57. The van der Waals surface area contributed by atoms with Crippen molar-refractivity contribution >= 4 is 0 Å². The van der Waals surface area contributed by atoms with Gasteiger partial charge in [-0.1, -0.05) is 38.1 Å². The summed E-state index contributed by atoms with van der Waals surface area (Å²) in [7, 11) is 0. The van der Waals surface area contributed by atoms with Crippen molar-refractivity contribution in [2.75, 3.05) is 6.61 Å². The molecule has 13 heavy (non-hydrogen) atoms. The van der Waals surface area contributed by atoms with Gasteiger partial charge in [0.2, 0.25) is 0 Å². The van der Waals surface area contributed by atoms with Crippen LogP contribution in [0.2, 0.25) is 0 Å². The number of hydrogen-bond donors (Lipinski definition) is 0. The van der Waals surface area contributed by atoms with E-state index in [4.69, 9.17) is 4.74 Å². The number of aryl methyl sites for hydroxylation is 1. The zero-order valence-electron chi connectivity index (χ0n) is 8.34. The predicted molar refractivity (Wildman–Crippen MR) is 53.7 cm³/mol. The van der Waals surface area contributed by atoms with Crippen LogP contribution in [-0.2, 0) is 16.8 Å². The highest BCUT2D eigenvalue weighted by molar-refractivity contribution is 5.35. The van der Waals surface area contributed by atoms with Crippen LogP contribution >= 0.6 is 0 Å². The Labute approximate surface area is 79.7 Å². The molecule has 1 heteroatoms. The van der Waals surface area contributed by atoms with Crippen LogP contribution in [-0.4, -0.2) is 6.61 Å². The van der Waals surface area contributed by atoms with Gasteiger partial charge in [-0.15, -0.1) is 0 Å². The van der Waals surface area contributed by atoms with Crippen molar-refractivity contribution in [3.63, 3.8) is 0 Å². The topological polar surface area (TPSA) is 12.5 Å². The van der Waals surface area contributed by atoms with Gasteiger partial charge in [0.25, 0.3) is 0 Å². The average Bonchev–Trinajstić information content (AvgIpc) is 2.98. The number of ether oxygens (including phenoxy) is 1. The normalized spacial score (nSPS) is 26.0. The molecule has 1 unspecified atom stereocenters. The molecule has 0 N–H and O–H groups in total. The molecule has 1 atom stereocenters. The third-order valence-electron chi connectivity index (χ3n) is 2.95. The smallest absolute Gasteiger partial charge is 0.117 e. The van der Waals surface area contributed by atoms with Crippen LogP contribution in [0.25, 0.3) is 0 Å². The Morgan fingerprint density at radius 2 is 2.00 bits per heavy atom. The Hall–Kier alpha value is -0.820. The second kappa shape index (κ2) is 3.15. The highest BCUT2D eigenvalue weighted by Crippen LogP contribution is 2.43. The second-order valence-corrected chi connectivity index (χ2v) is 3.65. The largest absolute Gasteiger partial charge is 0.365 e. The third kappa shape index (κ3) is 1.37. The van der Waals surface area contributed by atoms with E-state index in [1.807, 2.05) is 0 Å². The van der Waals surface area contributed by atoms with Gasteiger partial charge < -0.3 is 4.74 Å². The van der Waals surface area contributed by atoms with Gasteiger partial charge >= 0.3 is 0 Å². The van der Waals surface area contributed by atoms with Crippen LogP contribution in [0.3, 0.4) is 0 Å². The van der Waals surface area contributed by atoms with E-state index in [-0.39, 0.29) is 5.60 Å². The van der Waals surface area contributed by atoms with Crippen molar-refractivity contribution < 1.29 is 4.74 Å². The third-order valence-corrected chi connectivity index (χ3v) is 2.95. The average molecular weight is 176 g/mol. The van der Waals surface area contributed by atoms with Crippen LogP contribution in [0, 0.1) is 0 Å². The standard InChI is InChI=1S/C12H16O/c1-3-10-7-5-6-8-11(10)12(4-2)9-13-12/h5-8H,3-4,9H2,1-2H3. The molecular weight excluding hydrogens is 160 g/mol. The molecule has 1 aromatic rings. The van der Waals surface area contributed by atoms with Crippen molar-refractivity contribution in [3.05, 3.63) is 35.4 Å². The number of hydrogen-bond acceptors (Lipinski definition) is 1. The fraction of sp³-hybridized carbons (Fsp3) is 0.500. The summed E-state index contributed by atoms with van der Waals surface area (Å²) in [6, 6.07) is 8.62. The quantitative estimate of drug-likeness (QED) is 0.645. The number of rotatable bonds is 3. The van der Waals surface area contributed by atoms with Gasteiger partial charge in [-0.05, 0) is 24.0 Å². The van der Waals surface area contributed by atoms with Crippen LogP contribution in [0.15, 0.2) is 24.3 Å². The first-order chi connectivity index (χ1) is 6.32. The van der Waals surface area contributed by atoms with Crippen molar-refractivity contribution in [2.24, 2.45) is 0 Å². The molecule has 2 rings (SSSR count). The molecule has 0 aliphatic carbocycles. The Kier molecular flexibility index (Phi) is 2.12. The Balaban J connectivity index is 2.39. The minimum Gasteiger partial charge on any atom is -0.365 e. The maximum atomic E-state index is 5.57. The highest BCUT2D eigenvalue weighted by atomic mass is 16.6. The summed E-state index contributed by atoms with van der Waals surface area (Å²) in [5, 5.41) is 0. The van der Waals surface area contributed by atoms with Crippen molar-refractivity contribution in [1.82, 2.24) is 0 Å². The lowest BCUT2D eigenvalue weighted by atomic mass is 9.91. The molecule has 1 aromatic carbocycles. The predicted octanol–water partition coefficient (Wildman–Crippen LogP) is 2.88. The van der Waals surface area contributed by atoms with E-state index in [2.05, 4.69) is 38.1 Å². The lowest BCUT2D eigenvalue weighted by Crippen LogP contribution is -2.09. The van der Waals surface area contributed by atoms with E-state index in [0.717, 1.165) is 19.4 Å². The summed E-state index contributed by atoms with van der Waals surface area (Å²) in [4.78, 5) is 0. The monoisotopic (exact) mass is 176 g/mol. The summed E-state index contributed by atoms with van der Waals surface area (Å²) in [5.74, 6) is 0. The SMILES string of the molecule is CCc1ccccc1C1(CC)CO1. The van der Waals surface area contributed by atoms with Crippen LogP contribution in [0.1, 0.15) is 31.4 Å². The Morgan fingerprint density at radius 3 is 2.54 bits per heavy atom. The summed E-state index contributed by atoms with van der Waals surface area (Å²) < 4.78 is 5.57. The first kappa shape index (κ1) is 8.76. The minimum absolute atomic E-state index is 0.0760. The summed E-state index contributed by atoms with van der Waals surface area (Å²) >= 11 is 0. The van der Waals surface area contributed by atoms with Crippen molar-refractivity contribution in [1.29, 1.82) is 0 Å². The fourth-order valence-corrected chi connectivity index (χ4v) is 1.91. The zero-order chi connectivity index (χ0) is 9.31. The molecule has 1 saturated heterocycles. The van der Waals surface area contributed by atoms with E-state index >= 15 is 0 Å². The molecule has 0 radical (unpaired) electrons. The first-order valence-electron chi connectivity index (χ1n) is 5.05. The van der Waals surface area contributed by atoms with Gasteiger partial charge in [0, 0.05) is 0 Å². The van der Waals surface area contributed by atoms with E-state index < -0.39 is 0 Å². The molecule has 1 aliphatic heterocycles. The van der Waals surface area contributed by atoms with Gasteiger partial charge in [-0.25, -0.2) is 0 Å².